The lowest BCUT2D eigenvalue weighted by Gasteiger charge is -2.41. The smallest absolute Gasteiger partial charge is 0.387 e. The Kier molecular flexibility index (Phi) is 50.2. The number of unbranched alkanes of at least 4 members (excludes halogenated alkanes) is 46. The minimum Gasteiger partial charge on any atom is -0.387 e. The second-order valence-corrected chi connectivity index (χ2v) is 24.7. The predicted molar refractivity (Wildman–Crippen MR) is 315 cm³/mol. The lowest BCUT2D eigenvalue weighted by molar-refractivity contribution is -0.220. The highest BCUT2D eigenvalue weighted by molar-refractivity contribution is 7.47. The van der Waals surface area contributed by atoms with Crippen molar-refractivity contribution in [2.45, 2.75) is 377 Å². The van der Waals surface area contributed by atoms with Crippen LogP contribution in [-0.4, -0.2) is 96.8 Å². The van der Waals surface area contributed by atoms with E-state index in [1.54, 1.807) is 6.08 Å². The average Bonchev–Trinajstić information content (AvgIpc) is 3.41. The summed E-state index contributed by atoms with van der Waals surface area (Å²) in [5.41, 5.74) is 0. The molecular formula is C63H124NO11P. The van der Waals surface area contributed by atoms with Crippen molar-refractivity contribution in [1.29, 1.82) is 0 Å². The lowest BCUT2D eigenvalue weighted by Crippen LogP contribution is -2.64. The standard InChI is InChI=1S/C63H124NO11P/c1-3-5-7-9-11-13-15-17-19-21-22-23-24-25-26-27-28-29-30-31-32-33-34-35-36-37-39-41-43-45-47-49-51-53-57(66)64-55(54-74-76(72,73)75-63-61(70)59(68)58(67)60(69)62(63)71)56(65)52-50-48-46-44-42-40-38-20-18-16-14-12-10-8-6-4-2/h50,52,55-56,58-63,65,67-71H,3-49,51,53-54H2,1-2H3,(H,64,66)(H,72,73)/b52-50+/t55-,56+,58?,59+,60?,61?,62?,63?/m0/s1. The molecule has 1 amide bonds. The summed E-state index contributed by atoms with van der Waals surface area (Å²) in [7, 11) is -5.09. The molecule has 9 atom stereocenters. The monoisotopic (exact) mass is 1100 g/mol. The van der Waals surface area contributed by atoms with Gasteiger partial charge in [-0.25, -0.2) is 4.57 Å². The van der Waals surface area contributed by atoms with Gasteiger partial charge in [0, 0.05) is 6.42 Å². The molecule has 452 valence electrons. The van der Waals surface area contributed by atoms with Crippen LogP contribution in [0.5, 0.6) is 0 Å². The van der Waals surface area contributed by atoms with Crippen molar-refractivity contribution >= 4 is 13.7 Å². The first-order chi connectivity index (χ1) is 36.9. The van der Waals surface area contributed by atoms with E-state index in [1.165, 1.54) is 257 Å². The minimum atomic E-state index is -5.09. The van der Waals surface area contributed by atoms with Crippen LogP contribution in [0.4, 0.5) is 0 Å². The molecule has 0 bridgehead atoms. The van der Waals surface area contributed by atoms with Gasteiger partial charge in [-0.05, 0) is 19.3 Å². The zero-order valence-corrected chi connectivity index (χ0v) is 50.2. The SMILES string of the molecule is CCCCCCCCCCCCCCCC/C=C/[C@@H](O)[C@H](COP(=O)(O)OC1C(O)C(O)C(O)[C@@H](O)C1O)NC(=O)CCCCCCCCCCCCCCCCCCCCCCCCCCCCCCCCCCC. The summed E-state index contributed by atoms with van der Waals surface area (Å²) in [6.45, 7) is 3.90. The van der Waals surface area contributed by atoms with Crippen molar-refractivity contribution in [3.63, 3.8) is 0 Å². The van der Waals surface area contributed by atoms with Gasteiger partial charge in [-0.1, -0.05) is 315 Å². The van der Waals surface area contributed by atoms with E-state index < -0.39 is 63.2 Å². The summed E-state index contributed by atoms with van der Waals surface area (Å²) in [5, 5.41) is 64.4. The molecule has 76 heavy (non-hydrogen) atoms. The molecule has 6 unspecified atom stereocenters. The summed E-state index contributed by atoms with van der Waals surface area (Å²) in [5.74, 6) is -0.333. The molecule has 1 fully saturated rings. The van der Waals surface area contributed by atoms with Gasteiger partial charge >= 0.3 is 7.82 Å². The molecule has 1 saturated carbocycles. The van der Waals surface area contributed by atoms with Crippen LogP contribution in [0.25, 0.3) is 0 Å². The third-order valence-corrected chi connectivity index (χ3v) is 17.1. The van der Waals surface area contributed by atoms with E-state index in [0.717, 1.165) is 44.9 Å². The number of phosphoric acid groups is 1. The molecule has 0 saturated heterocycles. The molecule has 8 N–H and O–H groups in total. The molecule has 0 spiro atoms. The van der Waals surface area contributed by atoms with Crippen LogP contribution < -0.4 is 5.32 Å². The molecule has 0 radical (unpaired) electrons. The number of hydrogen-bond acceptors (Lipinski definition) is 10. The third kappa shape index (κ3) is 42.0. The van der Waals surface area contributed by atoms with Crippen LogP contribution in [0.2, 0.25) is 0 Å². The molecule has 1 aliphatic rings. The predicted octanol–water partition coefficient (Wildman–Crippen LogP) is 15.9. The Morgan fingerprint density at radius 1 is 0.434 bits per heavy atom. The molecule has 0 aliphatic heterocycles. The first kappa shape index (κ1) is 73.1. The first-order valence-corrected chi connectivity index (χ1v) is 34.1. The van der Waals surface area contributed by atoms with E-state index in [9.17, 15) is 44.9 Å². The molecule has 0 aromatic carbocycles. The molecule has 1 rings (SSSR count). The van der Waals surface area contributed by atoms with Gasteiger partial charge in [-0.2, -0.15) is 0 Å². The van der Waals surface area contributed by atoms with E-state index in [2.05, 4.69) is 19.2 Å². The zero-order valence-electron chi connectivity index (χ0n) is 49.3. The van der Waals surface area contributed by atoms with E-state index in [1.807, 2.05) is 6.08 Å². The Morgan fingerprint density at radius 3 is 1.00 bits per heavy atom. The number of allylic oxidation sites excluding steroid dienone is 1. The molecule has 0 heterocycles. The highest BCUT2D eigenvalue weighted by Gasteiger charge is 2.51. The minimum absolute atomic E-state index is 0.220. The highest BCUT2D eigenvalue weighted by Crippen LogP contribution is 2.47. The number of amides is 1. The first-order valence-electron chi connectivity index (χ1n) is 32.6. The van der Waals surface area contributed by atoms with Crippen LogP contribution >= 0.6 is 7.82 Å². The summed E-state index contributed by atoms with van der Waals surface area (Å²) in [4.78, 5) is 23.6. The Morgan fingerprint density at radius 2 is 0.697 bits per heavy atom. The second-order valence-electron chi connectivity index (χ2n) is 23.3. The topological polar surface area (TPSA) is 206 Å². The Bertz CT molecular complexity index is 1330. The number of nitrogens with one attached hydrogen (secondary N) is 1. The maximum atomic E-state index is 13.1. The molecule has 12 nitrogen and oxygen atoms in total. The van der Waals surface area contributed by atoms with Crippen molar-refractivity contribution in [2.24, 2.45) is 0 Å². The zero-order chi connectivity index (χ0) is 55.6. The Labute approximate surface area is 467 Å². The van der Waals surface area contributed by atoms with Gasteiger partial charge in [-0.15, -0.1) is 0 Å². The number of aliphatic hydroxyl groups is 6. The number of phosphoric ester groups is 1. The van der Waals surface area contributed by atoms with Crippen molar-refractivity contribution < 1.29 is 53.9 Å². The van der Waals surface area contributed by atoms with Crippen LogP contribution in [-0.2, 0) is 18.4 Å². The average molecular weight is 1100 g/mol. The number of aliphatic hydroxyl groups excluding tert-OH is 6. The van der Waals surface area contributed by atoms with Gasteiger partial charge in [0.25, 0.3) is 0 Å². The molecule has 0 aromatic rings. The van der Waals surface area contributed by atoms with E-state index in [-0.39, 0.29) is 12.3 Å². The van der Waals surface area contributed by atoms with E-state index in [0.29, 0.717) is 6.42 Å². The fraction of sp³-hybridized carbons (Fsp3) is 0.952. The largest absolute Gasteiger partial charge is 0.472 e. The lowest BCUT2D eigenvalue weighted by atomic mass is 9.85. The Balaban J connectivity index is 2.19. The van der Waals surface area contributed by atoms with Crippen molar-refractivity contribution in [3.05, 3.63) is 12.2 Å². The van der Waals surface area contributed by atoms with E-state index >= 15 is 0 Å². The van der Waals surface area contributed by atoms with Crippen molar-refractivity contribution in [1.82, 2.24) is 5.32 Å². The van der Waals surface area contributed by atoms with Crippen molar-refractivity contribution in [2.75, 3.05) is 6.61 Å². The Hall–Kier alpha value is -0.920. The van der Waals surface area contributed by atoms with Crippen molar-refractivity contribution in [3.8, 4) is 0 Å². The van der Waals surface area contributed by atoms with E-state index in [4.69, 9.17) is 9.05 Å². The quantitative estimate of drug-likeness (QED) is 0.0163. The fourth-order valence-electron chi connectivity index (χ4n) is 10.9. The highest BCUT2D eigenvalue weighted by atomic mass is 31.2. The second kappa shape index (κ2) is 52.2. The summed E-state index contributed by atoms with van der Waals surface area (Å²) in [6.07, 6.45) is 53.2. The van der Waals surface area contributed by atoms with Gasteiger partial charge in [0.2, 0.25) is 5.91 Å². The number of carbonyl (C=O) groups is 1. The van der Waals surface area contributed by atoms with Crippen LogP contribution in [0.15, 0.2) is 12.2 Å². The van der Waals surface area contributed by atoms with Crippen LogP contribution in [0, 0.1) is 0 Å². The maximum Gasteiger partial charge on any atom is 0.472 e. The third-order valence-electron chi connectivity index (χ3n) is 16.1. The summed E-state index contributed by atoms with van der Waals surface area (Å²) in [6, 6.07) is -1.11. The normalized spacial score (nSPS) is 20.6. The molecule has 0 aromatic heterocycles. The number of rotatable bonds is 57. The summed E-state index contributed by atoms with van der Waals surface area (Å²) < 4.78 is 23.1. The van der Waals surface area contributed by atoms with Gasteiger partial charge in [0.1, 0.15) is 36.6 Å². The molecule has 13 heteroatoms. The van der Waals surface area contributed by atoms with Gasteiger partial charge < -0.3 is 40.8 Å². The van der Waals surface area contributed by atoms with Crippen LogP contribution in [0.1, 0.15) is 328 Å². The maximum absolute atomic E-state index is 13.1. The fourth-order valence-corrected chi connectivity index (χ4v) is 11.8. The number of hydrogen-bond donors (Lipinski definition) is 8. The van der Waals surface area contributed by atoms with Gasteiger partial charge in [0.15, 0.2) is 0 Å². The number of carbonyl (C=O) groups excluding carboxylic acids is 1. The van der Waals surface area contributed by atoms with Gasteiger partial charge in [-0.3, -0.25) is 13.8 Å². The summed E-state index contributed by atoms with van der Waals surface area (Å²) >= 11 is 0. The van der Waals surface area contributed by atoms with Gasteiger partial charge in [0.05, 0.1) is 18.8 Å². The molecular weight excluding hydrogens is 978 g/mol. The molecule has 1 aliphatic carbocycles. The van der Waals surface area contributed by atoms with Crippen LogP contribution in [0.3, 0.4) is 0 Å².